The second-order valence-corrected chi connectivity index (χ2v) is 24.6. The second-order valence-electron chi connectivity index (χ2n) is 24.6. The molecular formula is C90H59N9. The minimum atomic E-state index is 0.563. The first-order valence-corrected chi connectivity index (χ1v) is 33.3. The van der Waals surface area contributed by atoms with Crippen molar-refractivity contribution in [2.45, 2.75) is 0 Å². The normalized spacial score (nSPS) is 11.4. The molecule has 0 aliphatic carbocycles. The third-order valence-electron chi connectivity index (χ3n) is 18.6. The van der Waals surface area contributed by atoms with Crippen LogP contribution in [0.5, 0.6) is 0 Å². The zero-order valence-corrected chi connectivity index (χ0v) is 53.6. The van der Waals surface area contributed by atoms with Gasteiger partial charge in [0, 0.05) is 71.5 Å². The number of aromatic nitrogens is 9. The molecule has 14 aromatic carbocycles. The van der Waals surface area contributed by atoms with Gasteiger partial charge in [-0.1, -0.05) is 285 Å². The SMILES string of the molecule is c1ccc(-c2ccc3c(c2)c2ccccc2n3-c2ccc(-c3nc(-c4ccccc4)nc(-c4ccccc4)n3)cc2)cc1.c1ccc(-c2cccc(-c3nc(-c4ccccc4)nc(-n4c5ccccc5c5ccc6c7ccccc7n(-c7cccc(-c8ccccc8)c7)c6c54)n3)c2)cc1. The van der Waals surface area contributed by atoms with Crippen molar-refractivity contribution in [1.82, 2.24) is 43.6 Å². The van der Waals surface area contributed by atoms with Gasteiger partial charge in [-0.05, 0) is 106 Å². The Hall–Kier alpha value is -13.5. The van der Waals surface area contributed by atoms with Crippen LogP contribution in [0.25, 0.3) is 173 Å². The Labute approximate surface area is 571 Å². The van der Waals surface area contributed by atoms with E-state index in [1.54, 1.807) is 0 Å². The van der Waals surface area contributed by atoms with Crippen LogP contribution >= 0.6 is 0 Å². The molecule has 0 fully saturated rings. The van der Waals surface area contributed by atoms with Crippen molar-refractivity contribution in [1.29, 1.82) is 0 Å². The molecule has 99 heavy (non-hydrogen) atoms. The summed E-state index contributed by atoms with van der Waals surface area (Å²) in [4.78, 5) is 30.4. The summed E-state index contributed by atoms with van der Waals surface area (Å²) in [5, 5.41) is 7.08. The molecule has 0 unspecified atom stereocenters. The van der Waals surface area contributed by atoms with E-state index in [1.165, 1.54) is 43.9 Å². The minimum absolute atomic E-state index is 0.563. The zero-order valence-electron chi connectivity index (χ0n) is 53.6. The Bertz CT molecular complexity index is 6130. The van der Waals surface area contributed by atoms with E-state index in [0.29, 0.717) is 35.1 Å². The Morgan fingerprint density at radius 3 is 0.980 bits per heavy atom. The molecule has 5 heterocycles. The first kappa shape index (κ1) is 58.1. The Morgan fingerprint density at radius 2 is 0.485 bits per heavy atom. The van der Waals surface area contributed by atoms with Crippen LogP contribution in [0.2, 0.25) is 0 Å². The minimum Gasteiger partial charge on any atom is -0.309 e. The summed E-state index contributed by atoms with van der Waals surface area (Å²) < 4.78 is 7.00. The fourth-order valence-electron chi connectivity index (χ4n) is 14.0. The molecule has 0 N–H and O–H groups in total. The number of hydrogen-bond acceptors (Lipinski definition) is 6. The maximum Gasteiger partial charge on any atom is 0.238 e. The Morgan fingerprint density at radius 1 is 0.162 bits per heavy atom. The number of rotatable bonds is 11. The molecule has 464 valence electrons. The molecule has 19 rings (SSSR count). The van der Waals surface area contributed by atoms with Gasteiger partial charge in [-0.15, -0.1) is 0 Å². The van der Waals surface area contributed by atoms with Gasteiger partial charge in [0.15, 0.2) is 29.1 Å². The van der Waals surface area contributed by atoms with E-state index in [4.69, 9.17) is 29.9 Å². The van der Waals surface area contributed by atoms with Gasteiger partial charge in [-0.25, -0.2) is 19.9 Å². The van der Waals surface area contributed by atoms with E-state index in [2.05, 4.69) is 287 Å². The topological polar surface area (TPSA) is 92.1 Å². The quantitative estimate of drug-likeness (QED) is 0.128. The number of nitrogens with zero attached hydrogens (tertiary/aromatic N) is 9. The molecule has 0 saturated carbocycles. The van der Waals surface area contributed by atoms with E-state index in [1.807, 2.05) is 84.9 Å². The van der Waals surface area contributed by atoms with Crippen molar-refractivity contribution in [2.24, 2.45) is 0 Å². The van der Waals surface area contributed by atoms with Gasteiger partial charge >= 0.3 is 0 Å². The van der Waals surface area contributed by atoms with Gasteiger partial charge in [0.2, 0.25) is 5.95 Å². The van der Waals surface area contributed by atoms with Crippen molar-refractivity contribution < 1.29 is 0 Å². The highest BCUT2D eigenvalue weighted by atomic mass is 15.2. The third-order valence-corrected chi connectivity index (χ3v) is 18.6. The number of hydrogen-bond donors (Lipinski definition) is 0. The van der Waals surface area contributed by atoms with Crippen LogP contribution < -0.4 is 0 Å². The summed E-state index contributed by atoms with van der Waals surface area (Å²) in [5.74, 6) is 3.75. The fourth-order valence-corrected chi connectivity index (χ4v) is 14.0. The van der Waals surface area contributed by atoms with E-state index >= 15 is 0 Å². The predicted octanol–water partition coefficient (Wildman–Crippen LogP) is 22.4. The lowest BCUT2D eigenvalue weighted by molar-refractivity contribution is 0.953. The molecule has 0 aliphatic rings. The van der Waals surface area contributed by atoms with Gasteiger partial charge in [0.05, 0.1) is 33.1 Å². The zero-order chi connectivity index (χ0) is 65.6. The van der Waals surface area contributed by atoms with Crippen LogP contribution in [0, 0.1) is 0 Å². The predicted molar refractivity (Wildman–Crippen MR) is 406 cm³/mol. The molecular weight excluding hydrogens is 1210 g/mol. The second kappa shape index (κ2) is 25.0. The molecule has 0 aliphatic heterocycles. The molecule has 9 nitrogen and oxygen atoms in total. The van der Waals surface area contributed by atoms with E-state index in [-0.39, 0.29) is 0 Å². The van der Waals surface area contributed by atoms with E-state index in [0.717, 1.165) is 94.1 Å². The lowest BCUT2D eigenvalue weighted by Crippen LogP contribution is -2.07. The highest BCUT2D eigenvalue weighted by Crippen LogP contribution is 2.43. The van der Waals surface area contributed by atoms with Gasteiger partial charge in [0.25, 0.3) is 0 Å². The first-order chi connectivity index (χ1) is 49.1. The molecule has 5 aromatic heterocycles. The maximum atomic E-state index is 5.36. The summed E-state index contributed by atoms with van der Waals surface area (Å²) in [6.07, 6.45) is 0. The van der Waals surface area contributed by atoms with E-state index < -0.39 is 0 Å². The van der Waals surface area contributed by atoms with Crippen LogP contribution in [0.15, 0.2) is 358 Å². The van der Waals surface area contributed by atoms with Crippen molar-refractivity contribution >= 4 is 65.4 Å². The van der Waals surface area contributed by atoms with E-state index in [9.17, 15) is 0 Å². The van der Waals surface area contributed by atoms with Gasteiger partial charge in [0.1, 0.15) is 0 Å². The third kappa shape index (κ3) is 10.7. The number of benzene rings is 14. The summed E-state index contributed by atoms with van der Waals surface area (Å²) in [7, 11) is 0. The Balaban J connectivity index is 0.000000148. The monoisotopic (exact) mass is 1270 g/mol. The highest BCUT2D eigenvalue weighted by Gasteiger charge is 2.25. The summed E-state index contributed by atoms with van der Waals surface area (Å²) in [6, 6.07) is 125. The standard InChI is InChI=1S/C51H33N5.C39H26N4/c1-4-16-34(17-5-1)37-22-14-24-39(32-37)50-52-49(36-20-8-3-9-21-36)53-51(54-50)56-46-29-13-11-27-42(46)44-31-30-43-41-26-10-12-28-45(41)55(47(43)48(44)56)40-25-15-23-38(33-40)35-18-6-2-7-19-35;1-4-12-27(13-5-1)31-22-25-36-34(26-31)33-18-10-11-19-35(33)43(36)32-23-20-30(21-24-32)39-41-37(28-14-6-2-7-15-28)40-38(42-39)29-16-8-3-9-17-29/h1-33H;1-26H. The molecule has 0 saturated heterocycles. The van der Waals surface area contributed by atoms with Crippen LogP contribution in [0.3, 0.4) is 0 Å². The van der Waals surface area contributed by atoms with Crippen LogP contribution in [0.4, 0.5) is 0 Å². The van der Waals surface area contributed by atoms with Gasteiger partial charge in [-0.3, -0.25) is 4.57 Å². The number of para-hydroxylation sites is 3. The first-order valence-electron chi connectivity index (χ1n) is 33.3. The summed E-state index contributed by atoms with van der Waals surface area (Å²) >= 11 is 0. The maximum absolute atomic E-state index is 5.36. The molecule has 0 atom stereocenters. The molecule has 0 amide bonds. The van der Waals surface area contributed by atoms with Gasteiger partial charge in [-0.2, -0.15) is 9.97 Å². The van der Waals surface area contributed by atoms with Crippen LogP contribution in [0.1, 0.15) is 0 Å². The van der Waals surface area contributed by atoms with Crippen molar-refractivity contribution in [3.05, 3.63) is 358 Å². The lowest BCUT2D eigenvalue weighted by Gasteiger charge is -2.14. The molecule has 19 aromatic rings. The van der Waals surface area contributed by atoms with Crippen molar-refractivity contribution in [3.8, 4) is 108 Å². The Kier molecular flexibility index (Phi) is 14.7. The fraction of sp³-hybridized carbons (Fsp3) is 0. The average molecular weight is 1270 g/mol. The molecule has 0 bridgehead atoms. The summed E-state index contributed by atoms with van der Waals surface area (Å²) in [6.45, 7) is 0. The summed E-state index contributed by atoms with van der Waals surface area (Å²) in [5.41, 5.74) is 20.5. The van der Waals surface area contributed by atoms with Crippen LogP contribution in [-0.2, 0) is 0 Å². The average Bonchev–Trinajstić information content (AvgIpc) is 1.56. The number of fused-ring (bicyclic) bond motifs is 10. The van der Waals surface area contributed by atoms with Crippen molar-refractivity contribution in [3.63, 3.8) is 0 Å². The van der Waals surface area contributed by atoms with Crippen LogP contribution in [-0.4, -0.2) is 43.6 Å². The molecule has 9 heteroatoms. The molecule has 0 spiro atoms. The largest absolute Gasteiger partial charge is 0.309 e. The van der Waals surface area contributed by atoms with Gasteiger partial charge < -0.3 is 9.13 Å². The molecule has 0 radical (unpaired) electrons. The highest BCUT2D eigenvalue weighted by molar-refractivity contribution is 6.24. The lowest BCUT2D eigenvalue weighted by atomic mass is 10.0. The smallest absolute Gasteiger partial charge is 0.238 e. The van der Waals surface area contributed by atoms with Crippen molar-refractivity contribution in [2.75, 3.05) is 0 Å².